The van der Waals surface area contributed by atoms with Gasteiger partial charge in [-0.1, -0.05) is 58.4 Å². The smallest absolute Gasteiger partial charge is 0.0208 e. The zero-order chi connectivity index (χ0) is 14.6. The zero-order valence-corrected chi connectivity index (χ0v) is 13.7. The van der Waals surface area contributed by atoms with E-state index in [1.165, 1.54) is 43.2 Å². The van der Waals surface area contributed by atoms with Crippen LogP contribution in [-0.4, -0.2) is 6.04 Å². The highest BCUT2D eigenvalue weighted by Gasteiger charge is 2.27. The Bertz CT molecular complexity index is 402. The zero-order valence-electron chi connectivity index (χ0n) is 13.7. The molecule has 1 nitrogen and oxygen atoms in total. The molecule has 1 saturated carbocycles. The molecule has 1 fully saturated rings. The molecular formula is C19H31N. The van der Waals surface area contributed by atoms with Gasteiger partial charge in [0.1, 0.15) is 0 Å². The molecule has 1 aromatic carbocycles. The molecule has 1 atom stereocenters. The van der Waals surface area contributed by atoms with Crippen LogP contribution in [0.15, 0.2) is 24.3 Å². The monoisotopic (exact) mass is 273 g/mol. The van der Waals surface area contributed by atoms with E-state index in [9.17, 15) is 0 Å². The number of nitrogens with one attached hydrogen (secondary N) is 1. The summed E-state index contributed by atoms with van der Waals surface area (Å²) in [4.78, 5) is 0. The third-order valence-corrected chi connectivity index (χ3v) is 4.47. The summed E-state index contributed by atoms with van der Waals surface area (Å²) < 4.78 is 0. The van der Waals surface area contributed by atoms with Crippen molar-refractivity contribution >= 4 is 0 Å². The molecule has 0 spiro atoms. The SMILES string of the molecule is CC(C)Cc1ccc(CNC2CCCC(C)(C)C2)cc1. The average molecular weight is 273 g/mol. The van der Waals surface area contributed by atoms with E-state index >= 15 is 0 Å². The van der Waals surface area contributed by atoms with Crippen molar-refractivity contribution in [3.05, 3.63) is 35.4 Å². The predicted molar refractivity (Wildman–Crippen MR) is 87.9 cm³/mol. The van der Waals surface area contributed by atoms with Gasteiger partial charge in [0.15, 0.2) is 0 Å². The molecule has 1 N–H and O–H groups in total. The molecule has 1 heteroatoms. The Kier molecular flexibility index (Phi) is 5.26. The predicted octanol–water partition coefficient (Wildman–Crippen LogP) is 4.94. The van der Waals surface area contributed by atoms with Crippen molar-refractivity contribution in [2.45, 2.75) is 72.4 Å². The molecule has 1 unspecified atom stereocenters. The Balaban J connectivity index is 1.82. The highest BCUT2D eigenvalue weighted by atomic mass is 14.9. The Hall–Kier alpha value is -0.820. The molecule has 0 amide bonds. The van der Waals surface area contributed by atoms with E-state index in [1.54, 1.807) is 0 Å². The minimum Gasteiger partial charge on any atom is -0.310 e. The highest BCUT2D eigenvalue weighted by Crippen LogP contribution is 2.35. The van der Waals surface area contributed by atoms with Crippen molar-refractivity contribution in [1.29, 1.82) is 0 Å². The third-order valence-electron chi connectivity index (χ3n) is 4.47. The Morgan fingerprint density at radius 3 is 2.40 bits per heavy atom. The number of hydrogen-bond donors (Lipinski definition) is 1. The first kappa shape index (κ1) is 15.6. The van der Waals surface area contributed by atoms with E-state index in [4.69, 9.17) is 0 Å². The van der Waals surface area contributed by atoms with Gasteiger partial charge in [-0.05, 0) is 48.1 Å². The summed E-state index contributed by atoms with van der Waals surface area (Å²) in [5.41, 5.74) is 3.40. The quantitative estimate of drug-likeness (QED) is 0.801. The van der Waals surface area contributed by atoms with Crippen molar-refractivity contribution < 1.29 is 0 Å². The van der Waals surface area contributed by atoms with Crippen LogP contribution in [0.25, 0.3) is 0 Å². The Morgan fingerprint density at radius 2 is 1.80 bits per heavy atom. The third kappa shape index (κ3) is 4.94. The molecule has 0 heterocycles. The maximum absolute atomic E-state index is 3.75. The van der Waals surface area contributed by atoms with E-state index < -0.39 is 0 Å². The molecule has 1 aliphatic carbocycles. The fourth-order valence-corrected chi connectivity index (χ4v) is 3.40. The minimum absolute atomic E-state index is 0.525. The molecule has 0 saturated heterocycles. The lowest BCUT2D eigenvalue weighted by molar-refractivity contribution is 0.198. The van der Waals surface area contributed by atoms with Gasteiger partial charge in [-0.15, -0.1) is 0 Å². The Morgan fingerprint density at radius 1 is 1.15 bits per heavy atom. The number of hydrogen-bond acceptors (Lipinski definition) is 1. The average Bonchev–Trinajstić information content (AvgIpc) is 2.36. The van der Waals surface area contributed by atoms with E-state index in [1.807, 2.05) is 0 Å². The molecule has 1 aliphatic rings. The van der Waals surface area contributed by atoms with E-state index in [-0.39, 0.29) is 0 Å². The normalized spacial score (nSPS) is 22.1. The van der Waals surface area contributed by atoms with Crippen LogP contribution in [0.5, 0.6) is 0 Å². The van der Waals surface area contributed by atoms with E-state index in [0.29, 0.717) is 11.5 Å². The van der Waals surface area contributed by atoms with Gasteiger partial charge in [0.05, 0.1) is 0 Å². The largest absolute Gasteiger partial charge is 0.310 e. The molecule has 20 heavy (non-hydrogen) atoms. The summed E-state index contributed by atoms with van der Waals surface area (Å²) in [6, 6.07) is 9.87. The van der Waals surface area contributed by atoms with Crippen LogP contribution >= 0.6 is 0 Å². The van der Waals surface area contributed by atoms with Crippen LogP contribution < -0.4 is 5.32 Å². The first-order valence-corrected chi connectivity index (χ1v) is 8.26. The van der Waals surface area contributed by atoms with Gasteiger partial charge in [-0.3, -0.25) is 0 Å². The molecule has 0 bridgehead atoms. The molecule has 112 valence electrons. The van der Waals surface area contributed by atoms with Crippen LogP contribution in [0, 0.1) is 11.3 Å². The van der Waals surface area contributed by atoms with Gasteiger partial charge >= 0.3 is 0 Å². The van der Waals surface area contributed by atoms with Gasteiger partial charge in [-0.25, -0.2) is 0 Å². The summed E-state index contributed by atoms with van der Waals surface area (Å²) in [5.74, 6) is 0.739. The summed E-state index contributed by atoms with van der Waals surface area (Å²) in [7, 11) is 0. The van der Waals surface area contributed by atoms with Crippen LogP contribution in [0.4, 0.5) is 0 Å². The van der Waals surface area contributed by atoms with Gasteiger partial charge in [-0.2, -0.15) is 0 Å². The van der Waals surface area contributed by atoms with Crippen LogP contribution in [0.3, 0.4) is 0 Å². The second-order valence-corrected chi connectivity index (χ2v) is 7.75. The van der Waals surface area contributed by atoms with Gasteiger partial charge in [0, 0.05) is 12.6 Å². The second kappa shape index (κ2) is 6.76. The van der Waals surface area contributed by atoms with Crippen LogP contribution in [0.1, 0.15) is 64.5 Å². The minimum atomic E-state index is 0.525. The number of benzene rings is 1. The summed E-state index contributed by atoms with van der Waals surface area (Å²) in [6.45, 7) is 10.4. The lowest BCUT2D eigenvalue weighted by Crippen LogP contribution is -2.36. The highest BCUT2D eigenvalue weighted by molar-refractivity contribution is 5.22. The van der Waals surface area contributed by atoms with Crippen molar-refractivity contribution in [3.8, 4) is 0 Å². The lowest BCUT2D eigenvalue weighted by Gasteiger charge is -2.35. The first-order chi connectivity index (χ1) is 9.44. The molecule has 1 aromatic rings. The van der Waals surface area contributed by atoms with Crippen molar-refractivity contribution in [3.63, 3.8) is 0 Å². The molecular weight excluding hydrogens is 242 g/mol. The summed E-state index contributed by atoms with van der Waals surface area (Å²) in [6.07, 6.45) is 6.60. The van der Waals surface area contributed by atoms with Gasteiger partial charge in [0.25, 0.3) is 0 Å². The van der Waals surface area contributed by atoms with Gasteiger partial charge in [0.2, 0.25) is 0 Å². The Labute approximate surface area is 125 Å². The fourth-order valence-electron chi connectivity index (χ4n) is 3.40. The van der Waals surface area contributed by atoms with Gasteiger partial charge < -0.3 is 5.32 Å². The maximum Gasteiger partial charge on any atom is 0.0208 e. The summed E-state index contributed by atoms with van der Waals surface area (Å²) >= 11 is 0. The lowest BCUT2D eigenvalue weighted by atomic mass is 9.75. The molecule has 0 aliphatic heterocycles. The molecule has 0 aromatic heterocycles. The van der Waals surface area contributed by atoms with Crippen LogP contribution in [0.2, 0.25) is 0 Å². The topological polar surface area (TPSA) is 12.0 Å². The fraction of sp³-hybridized carbons (Fsp3) is 0.684. The summed E-state index contributed by atoms with van der Waals surface area (Å²) in [5, 5.41) is 3.75. The second-order valence-electron chi connectivity index (χ2n) is 7.75. The number of rotatable bonds is 5. The molecule has 0 radical (unpaired) electrons. The standard InChI is InChI=1S/C19H31N/c1-15(2)12-16-7-9-17(10-8-16)14-20-18-6-5-11-19(3,4)13-18/h7-10,15,18,20H,5-6,11-14H2,1-4H3. The van der Waals surface area contributed by atoms with E-state index in [2.05, 4.69) is 57.3 Å². The van der Waals surface area contributed by atoms with Crippen molar-refractivity contribution in [2.24, 2.45) is 11.3 Å². The van der Waals surface area contributed by atoms with Crippen molar-refractivity contribution in [2.75, 3.05) is 0 Å². The van der Waals surface area contributed by atoms with Crippen LogP contribution in [-0.2, 0) is 13.0 Å². The maximum atomic E-state index is 3.75. The van der Waals surface area contributed by atoms with Crippen molar-refractivity contribution in [1.82, 2.24) is 5.32 Å². The first-order valence-electron chi connectivity index (χ1n) is 8.26. The molecule has 2 rings (SSSR count). The van der Waals surface area contributed by atoms with E-state index in [0.717, 1.165) is 12.5 Å².